The molecule has 106 valence electrons. The van der Waals surface area contributed by atoms with Gasteiger partial charge in [0.2, 0.25) is 0 Å². The predicted molar refractivity (Wildman–Crippen MR) is 80.4 cm³/mol. The second-order valence-electron chi connectivity index (χ2n) is 6.06. The van der Waals surface area contributed by atoms with E-state index in [4.69, 9.17) is 5.73 Å². The first-order chi connectivity index (χ1) is 8.94. The summed E-state index contributed by atoms with van der Waals surface area (Å²) in [6, 6.07) is 4.15. The largest absolute Gasteiger partial charge is 0.358 e. The molecule has 0 bridgehead atoms. The van der Waals surface area contributed by atoms with E-state index in [0.29, 0.717) is 5.54 Å². The van der Waals surface area contributed by atoms with Gasteiger partial charge in [0, 0.05) is 31.4 Å². The highest BCUT2D eigenvalue weighted by molar-refractivity contribution is 5.41. The average molecular weight is 262 g/mol. The molecular weight excluding hydrogens is 236 g/mol. The number of likely N-dealkylation sites (N-methyl/N-ethyl adjacent to an activating group) is 2. The molecule has 0 saturated heterocycles. The number of nitrogens with two attached hydrogens (primary N) is 1. The number of rotatable bonds is 5. The Kier molecular flexibility index (Phi) is 4.11. The quantitative estimate of drug-likeness (QED) is 0.882. The Morgan fingerprint density at radius 1 is 1.37 bits per heavy atom. The molecule has 0 spiro atoms. The van der Waals surface area contributed by atoms with Crippen LogP contribution in [0.2, 0.25) is 0 Å². The fraction of sp³-hybridized carbons (Fsp3) is 0.667. The van der Waals surface area contributed by atoms with Crippen molar-refractivity contribution in [3.63, 3.8) is 0 Å². The van der Waals surface area contributed by atoms with Crippen LogP contribution in [0.3, 0.4) is 0 Å². The highest BCUT2D eigenvalue weighted by atomic mass is 15.2. The van der Waals surface area contributed by atoms with Crippen molar-refractivity contribution in [3.8, 4) is 0 Å². The van der Waals surface area contributed by atoms with Gasteiger partial charge in [-0.15, -0.1) is 0 Å². The zero-order chi connectivity index (χ0) is 14.0. The summed E-state index contributed by atoms with van der Waals surface area (Å²) in [5.41, 5.74) is 7.40. The number of hydrogen-bond donors (Lipinski definition) is 1. The topological polar surface area (TPSA) is 45.4 Å². The number of aromatic nitrogens is 1. The maximum Gasteiger partial charge on any atom is 0.128 e. The normalized spacial score (nSPS) is 19.1. The molecule has 1 aliphatic carbocycles. The molecule has 4 heteroatoms. The maximum absolute atomic E-state index is 5.94. The Balaban J connectivity index is 2.11. The molecule has 2 N–H and O–H groups in total. The molecule has 1 unspecified atom stereocenters. The average Bonchev–Trinajstić information content (AvgIpc) is 2.33. The van der Waals surface area contributed by atoms with Gasteiger partial charge in [0.15, 0.2) is 0 Å². The van der Waals surface area contributed by atoms with Crippen LogP contribution in [0.5, 0.6) is 0 Å². The minimum atomic E-state index is 0.0571. The van der Waals surface area contributed by atoms with Gasteiger partial charge in [0.1, 0.15) is 5.82 Å². The fourth-order valence-corrected chi connectivity index (χ4v) is 2.78. The van der Waals surface area contributed by atoms with Gasteiger partial charge in [-0.05, 0) is 58.0 Å². The van der Waals surface area contributed by atoms with Crippen LogP contribution < -0.4 is 10.6 Å². The highest BCUT2D eigenvalue weighted by Crippen LogP contribution is 2.37. The second-order valence-corrected chi connectivity index (χ2v) is 6.06. The minimum Gasteiger partial charge on any atom is -0.358 e. The Labute approximate surface area is 116 Å². The lowest BCUT2D eigenvalue weighted by Gasteiger charge is -2.49. The molecule has 1 atom stereocenters. The standard InChI is InChI=1S/C15H26N4/c1-12(16)13-6-9-17-14(10-13)19(4)11-15(18(2)3)7-5-8-15/h6,9-10,12H,5,7-8,11,16H2,1-4H3. The molecule has 4 nitrogen and oxygen atoms in total. The Morgan fingerprint density at radius 3 is 2.53 bits per heavy atom. The lowest BCUT2D eigenvalue weighted by Crippen LogP contribution is -2.56. The van der Waals surface area contributed by atoms with Crippen molar-refractivity contribution in [2.45, 2.75) is 37.8 Å². The van der Waals surface area contributed by atoms with E-state index in [1.807, 2.05) is 19.2 Å². The van der Waals surface area contributed by atoms with Crippen LogP contribution in [-0.2, 0) is 0 Å². The van der Waals surface area contributed by atoms with Gasteiger partial charge in [-0.1, -0.05) is 0 Å². The van der Waals surface area contributed by atoms with Gasteiger partial charge in [-0.3, -0.25) is 0 Å². The third-order valence-corrected chi connectivity index (χ3v) is 4.45. The van der Waals surface area contributed by atoms with Crippen molar-refractivity contribution < 1.29 is 0 Å². The Hall–Kier alpha value is -1.13. The van der Waals surface area contributed by atoms with Crippen molar-refractivity contribution in [3.05, 3.63) is 23.9 Å². The van der Waals surface area contributed by atoms with Crippen LogP contribution in [0, 0.1) is 0 Å². The highest BCUT2D eigenvalue weighted by Gasteiger charge is 2.40. The van der Waals surface area contributed by atoms with Crippen LogP contribution in [0.1, 0.15) is 37.8 Å². The molecule has 1 saturated carbocycles. The SMILES string of the molecule is CC(N)c1ccnc(N(C)CC2(N(C)C)CCC2)c1. The summed E-state index contributed by atoms with van der Waals surface area (Å²) >= 11 is 0. The van der Waals surface area contributed by atoms with Crippen LogP contribution in [0.25, 0.3) is 0 Å². The van der Waals surface area contributed by atoms with Gasteiger partial charge in [-0.25, -0.2) is 4.98 Å². The van der Waals surface area contributed by atoms with Gasteiger partial charge in [0.25, 0.3) is 0 Å². The molecule has 1 aromatic heterocycles. The molecule has 1 fully saturated rings. The van der Waals surface area contributed by atoms with Crippen LogP contribution in [0.15, 0.2) is 18.3 Å². The second kappa shape index (κ2) is 5.47. The first-order valence-electron chi connectivity index (χ1n) is 7.05. The summed E-state index contributed by atoms with van der Waals surface area (Å²) in [5, 5.41) is 0. The summed E-state index contributed by atoms with van der Waals surface area (Å²) in [4.78, 5) is 9.09. The van der Waals surface area contributed by atoms with Crippen LogP contribution in [0.4, 0.5) is 5.82 Å². The van der Waals surface area contributed by atoms with Gasteiger partial charge < -0.3 is 15.5 Å². The van der Waals surface area contributed by atoms with E-state index in [0.717, 1.165) is 17.9 Å². The maximum atomic E-state index is 5.94. The summed E-state index contributed by atoms with van der Waals surface area (Å²) in [6.45, 7) is 3.03. The van der Waals surface area contributed by atoms with Gasteiger partial charge in [-0.2, -0.15) is 0 Å². The zero-order valence-corrected chi connectivity index (χ0v) is 12.6. The summed E-state index contributed by atoms with van der Waals surface area (Å²) < 4.78 is 0. The van der Waals surface area contributed by atoms with Crippen molar-refractivity contribution in [2.75, 3.05) is 32.6 Å². The molecule has 2 rings (SSSR count). The monoisotopic (exact) mass is 262 g/mol. The van der Waals surface area contributed by atoms with E-state index in [1.54, 1.807) is 0 Å². The van der Waals surface area contributed by atoms with Gasteiger partial charge in [0.05, 0.1) is 0 Å². The molecule has 0 amide bonds. The van der Waals surface area contributed by atoms with E-state index in [1.165, 1.54) is 19.3 Å². The van der Waals surface area contributed by atoms with Crippen LogP contribution in [-0.4, -0.2) is 43.1 Å². The van der Waals surface area contributed by atoms with E-state index in [-0.39, 0.29) is 6.04 Å². The van der Waals surface area contributed by atoms with E-state index >= 15 is 0 Å². The number of anilines is 1. The van der Waals surface area contributed by atoms with Crippen molar-refractivity contribution in [1.82, 2.24) is 9.88 Å². The third-order valence-electron chi connectivity index (χ3n) is 4.45. The number of hydrogen-bond acceptors (Lipinski definition) is 4. The summed E-state index contributed by atoms with van der Waals surface area (Å²) in [7, 11) is 6.48. The van der Waals surface area contributed by atoms with Crippen molar-refractivity contribution in [1.29, 1.82) is 0 Å². The van der Waals surface area contributed by atoms with E-state index < -0.39 is 0 Å². The fourth-order valence-electron chi connectivity index (χ4n) is 2.78. The number of pyridine rings is 1. The van der Waals surface area contributed by atoms with Crippen LogP contribution >= 0.6 is 0 Å². The Morgan fingerprint density at radius 2 is 2.05 bits per heavy atom. The lowest BCUT2D eigenvalue weighted by atomic mass is 9.75. The third kappa shape index (κ3) is 2.90. The molecule has 1 aliphatic rings. The summed E-state index contributed by atoms with van der Waals surface area (Å²) in [6.07, 6.45) is 5.74. The minimum absolute atomic E-state index is 0.0571. The Bertz CT molecular complexity index is 424. The van der Waals surface area contributed by atoms with Gasteiger partial charge >= 0.3 is 0 Å². The predicted octanol–water partition coefficient (Wildman–Crippen LogP) is 2.02. The van der Waals surface area contributed by atoms with Crippen molar-refractivity contribution >= 4 is 5.82 Å². The van der Waals surface area contributed by atoms with E-state index in [2.05, 4.69) is 42.0 Å². The number of nitrogens with zero attached hydrogens (tertiary/aromatic N) is 3. The zero-order valence-electron chi connectivity index (χ0n) is 12.6. The molecular formula is C15H26N4. The first kappa shape index (κ1) is 14.3. The molecule has 1 heterocycles. The molecule has 0 aliphatic heterocycles. The summed E-state index contributed by atoms with van der Waals surface area (Å²) in [5.74, 6) is 1.02. The smallest absolute Gasteiger partial charge is 0.128 e. The lowest BCUT2D eigenvalue weighted by molar-refractivity contribution is 0.0682. The first-order valence-corrected chi connectivity index (χ1v) is 7.05. The molecule has 19 heavy (non-hydrogen) atoms. The molecule has 1 aromatic rings. The van der Waals surface area contributed by atoms with Crippen molar-refractivity contribution in [2.24, 2.45) is 5.73 Å². The van der Waals surface area contributed by atoms with E-state index in [9.17, 15) is 0 Å². The molecule has 0 radical (unpaired) electrons. The molecule has 0 aromatic carbocycles.